The van der Waals surface area contributed by atoms with E-state index < -0.39 is 5.91 Å². The van der Waals surface area contributed by atoms with Gasteiger partial charge in [-0.3, -0.25) is 4.79 Å². The van der Waals surface area contributed by atoms with Crippen molar-refractivity contribution in [3.05, 3.63) is 59.5 Å². The number of phenolic OH excluding ortho intramolecular Hbond substituents is 1. The Kier molecular flexibility index (Phi) is 5.86. The molecule has 2 aromatic carbocycles. The van der Waals surface area contributed by atoms with Crippen molar-refractivity contribution in [2.45, 2.75) is 0 Å². The van der Waals surface area contributed by atoms with E-state index in [1.165, 1.54) is 25.6 Å². The van der Waals surface area contributed by atoms with Gasteiger partial charge in [0.15, 0.2) is 5.13 Å². The number of nitrogens with one attached hydrogen (secondary N) is 1. The van der Waals surface area contributed by atoms with Gasteiger partial charge >= 0.3 is 6.01 Å². The number of carbonyl (C=O) groups excluding carboxylic acids is 1. The number of anilines is 2. The van der Waals surface area contributed by atoms with Gasteiger partial charge in [0, 0.05) is 33.8 Å². The smallest absolute Gasteiger partial charge is 0.320 e. The number of aromatic hydroxyl groups is 1. The summed E-state index contributed by atoms with van der Waals surface area (Å²) in [6.45, 7) is 0. The minimum Gasteiger partial charge on any atom is -0.508 e. The highest BCUT2D eigenvalue weighted by Crippen LogP contribution is 2.32. The molecule has 4 N–H and O–H groups in total. The lowest BCUT2D eigenvalue weighted by Crippen LogP contribution is -2.13. The van der Waals surface area contributed by atoms with Gasteiger partial charge in [-0.15, -0.1) is 11.3 Å². The van der Waals surface area contributed by atoms with Gasteiger partial charge in [0.25, 0.3) is 0 Å². The van der Waals surface area contributed by atoms with Crippen LogP contribution in [0.5, 0.6) is 17.6 Å². The molecule has 4 aromatic rings. The first-order chi connectivity index (χ1) is 15.5. The maximum absolute atomic E-state index is 12.0. The summed E-state index contributed by atoms with van der Waals surface area (Å²) in [6.07, 6.45) is 0. The lowest BCUT2D eigenvalue weighted by atomic mass is 10.0. The van der Waals surface area contributed by atoms with E-state index >= 15 is 0 Å². The maximum Gasteiger partial charge on any atom is 0.320 e. The Morgan fingerprint density at radius 2 is 1.88 bits per heavy atom. The third kappa shape index (κ3) is 4.44. The molecule has 4 rings (SSSR count). The fourth-order valence-corrected chi connectivity index (χ4v) is 3.78. The van der Waals surface area contributed by atoms with Gasteiger partial charge in [-0.2, -0.15) is 9.97 Å². The Hall–Kier alpha value is -4.18. The van der Waals surface area contributed by atoms with Crippen LogP contribution in [0.1, 0.15) is 10.4 Å². The van der Waals surface area contributed by atoms with Crippen molar-refractivity contribution >= 4 is 28.1 Å². The second-order valence-electron chi connectivity index (χ2n) is 6.62. The molecule has 1 amide bonds. The minimum atomic E-state index is -0.594. The van der Waals surface area contributed by atoms with Crippen molar-refractivity contribution in [1.82, 2.24) is 15.0 Å². The molecule has 0 saturated heterocycles. The van der Waals surface area contributed by atoms with E-state index in [4.69, 9.17) is 15.2 Å². The number of hydrogen-bond acceptors (Lipinski definition) is 9. The number of carbonyl (C=O) groups is 1. The zero-order valence-corrected chi connectivity index (χ0v) is 18.0. The van der Waals surface area contributed by atoms with Crippen LogP contribution < -0.4 is 20.5 Å². The minimum absolute atomic E-state index is 0.101. The molecule has 0 aliphatic heterocycles. The summed E-state index contributed by atoms with van der Waals surface area (Å²) in [6, 6.07) is 13.7. The molecule has 2 aromatic heterocycles. The summed E-state index contributed by atoms with van der Waals surface area (Å²) in [5.41, 5.74) is 9.00. The van der Waals surface area contributed by atoms with Crippen LogP contribution in [-0.4, -0.2) is 40.2 Å². The van der Waals surface area contributed by atoms with E-state index in [1.807, 2.05) is 11.4 Å². The quantitative estimate of drug-likeness (QED) is 0.388. The van der Waals surface area contributed by atoms with Gasteiger partial charge in [-0.25, -0.2) is 4.98 Å². The molecule has 9 nitrogen and oxygen atoms in total. The summed E-state index contributed by atoms with van der Waals surface area (Å²) in [7, 11) is 2.92. The average molecular weight is 449 g/mol. The van der Waals surface area contributed by atoms with Crippen LogP contribution in [0, 0.1) is 0 Å². The molecular weight excluding hydrogens is 430 g/mol. The fraction of sp³-hybridized carbons (Fsp3) is 0.0909. The molecule has 0 unspecified atom stereocenters. The molecule has 0 bridgehead atoms. The number of primary amides is 1. The van der Waals surface area contributed by atoms with Crippen LogP contribution in [0.15, 0.2) is 53.9 Å². The third-order valence-electron chi connectivity index (χ3n) is 4.53. The van der Waals surface area contributed by atoms with E-state index in [-0.39, 0.29) is 23.2 Å². The Morgan fingerprint density at radius 3 is 2.59 bits per heavy atom. The number of amides is 1. The SMILES string of the molecule is COc1cc(-c2cc(Nc3nc(-c4cccc(O)c4)cs3)ccc2C(N)=O)nc(OC)n1. The number of benzene rings is 2. The number of ether oxygens (including phenoxy) is 2. The zero-order valence-electron chi connectivity index (χ0n) is 17.2. The lowest BCUT2D eigenvalue weighted by molar-refractivity contribution is 0.100. The first-order valence-corrected chi connectivity index (χ1v) is 10.3. The highest BCUT2D eigenvalue weighted by atomic mass is 32.1. The van der Waals surface area contributed by atoms with E-state index in [9.17, 15) is 9.90 Å². The maximum atomic E-state index is 12.0. The zero-order chi connectivity index (χ0) is 22.7. The van der Waals surface area contributed by atoms with Crippen molar-refractivity contribution in [2.75, 3.05) is 19.5 Å². The average Bonchev–Trinajstić information content (AvgIpc) is 3.27. The Morgan fingerprint density at radius 1 is 1.03 bits per heavy atom. The van der Waals surface area contributed by atoms with E-state index in [0.717, 1.165) is 11.3 Å². The molecule has 0 saturated carbocycles. The molecule has 2 heterocycles. The van der Waals surface area contributed by atoms with E-state index in [2.05, 4.69) is 20.3 Å². The lowest BCUT2D eigenvalue weighted by Gasteiger charge is -2.11. The molecule has 162 valence electrons. The number of methoxy groups -OCH3 is 2. The Labute approximate surface area is 187 Å². The van der Waals surface area contributed by atoms with Crippen LogP contribution in [-0.2, 0) is 0 Å². The van der Waals surface area contributed by atoms with Crippen molar-refractivity contribution in [1.29, 1.82) is 0 Å². The molecule has 32 heavy (non-hydrogen) atoms. The largest absolute Gasteiger partial charge is 0.508 e. The van der Waals surface area contributed by atoms with Crippen molar-refractivity contribution in [2.24, 2.45) is 5.73 Å². The number of nitrogens with two attached hydrogens (primary N) is 1. The molecule has 0 aliphatic rings. The highest BCUT2D eigenvalue weighted by Gasteiger charge is 2.16. The summed E-state index contributed by atoms with van der Waals surface area (Å²) in [5, 5.41) is 15.4. The molecule has 0 spiro atoms. The third-order valence-corrected chi connectivity index (χ3v) is 5.29. The highest BCUT2D eigenvalue weighted by molar-refractivity contribution is 7.14. The monoisotopic (exact) mass is 449 g/mol. The summed E-state index contributed by atoms with van der Waals surface area (Å²) in [4.78, 5) is 25.0. The predicted octanol–water partition coefficient (Wildman–Crippen LogP) is 3.83. The Bertz CT molecular complexity index is 1270. The number of hydrogen-bond donors (Lipinski definition) is 3. The van der Waals surface area contributed by atoms with Crippen molar-refractivity contribution in [3.63, 3.8) is 0 Å². The van der Waals surface area contributed by atoms with Crippen molar-refractivity contribution in [3.8, 4) is 40.2 Å². The second kappa shape index (κ2) is 8.90. The molecule has 0 atom stereocenters. The molecule has 0 fully saturated rings. The second-order valence-corrected chi connectivity index (χ2v) is 7.48. The number of thiazole rings is 1. The number of nitrogens with zero attached hydrogens (tertiary/aromatic N) is 3. The molecule has 0 radical (unpaired) electrons. The van der Waals surface area contributed by atoms with Crippen LogP contribution in [0.3, 0.4) is 0 Å². The van der Waals surface area contributed by atoms with Crippen LogP contribution >= 0.6 is 11.3 Å². The normalized spacial score (nSPS) is 10.6. The molecule has 0 aliphatic carbocycles. The van der Waals surface area contributed by atoms with Crippen LogP contribution in [0.25, 0.3) is 22.5 Å². The summed E-state index contributed by atoms with van der Waals surface area (Å²) >= 11 is 1.41. The summed E-state index contributed by atoms with van der Waals surface area (Å²) in [5.74, 6) is -0.132. The fourth-order valence-electron chi connectivity index (χ4n) is 3.04. The molecule has 10 heteroatoms. The van der Waals surface area contributed by atoms with Gasteiger partial charge in [-0.1, -0.05) is 12.1 Å². The summed E-state index contributed by atoms with van der Waals surface area (Å²) < 4.78 is 10.3. The standard InChI is InChI=1S/C22H19N5O4S/c1-30-19-10-17(25-21(27-19)31-2)16-9-13(6-7-15(16)20(23)29)24-22-26-18(11-32-22)12-4-3-5-14(28)8-12/h3-11,28H,1-2H3,(H2,23,29)(H,24,26). The van der Waals surface area contributed by atoms with Gasteiger partial charge in [-0.05, 0) is 30.3 Å². The molecular formula is C22H19N5O4S. The van der Waals surface area contributed by atoms with Gasteiger partial charge in [0.1, 0.15) is 5.75 Å². The van der Waals surface area contributed by atoms with E-state index in [1.54, 1.807) is 42.5 Å². The Balaban J connectivity index is 1.69. The van der Waals surface area contributed by atoms with Gasteiger partial charge < -0.3 is 25.6 Å². The first kappa shape index (κ1) is 21.1. The van der Waals surface area contributed by atoms with Crippen LogP contribution in [0.4, 0.5) is 10.8 Å². The number of rotatable bonds is 7. The van der Waals surface area contributed by atoms with Crippen LogP contribution in [0.2, 0.25) is 0 Å². The first-order valence-electron chi connectivity index (χ1n) is 9.40. The van der Waals surface area contributed by atoms with Crippen molar-refractivity contribution < 1.29 is 19.4 Å². The predicted molar refractivity (Wildman–Crippen MR) is 122 cm³/mol. The van der Waals surface area contributed by atoms with Gasteiger partial charge in [0.05, 0.1) is 25.6 Å². The van der Waals surface area contributed by atoms with E-state index in [0.29, 0.717) is 22.1 Å². The number of phenols is 1. The number of aromatic nitrogens is 3. The van der Waals surface area contributed by atoms with Gasteiger partial charge in [0.2, 0.25) is 11.8 Å². The topological polar surface area (TPSA) is 132 Å².